The average Bonchev–Trinajstić information content (AvgIpc) is 2.38. The summed E-state index contributed by atoms with van der Waals surface area (Å²) in [5.74, 6) is -0.425. The van der Waals surface area contributed by atoms with Crippen molar-refractivity contribution < 1.29 is 27.4 Å². The monoisotopic (exact) mass is 290 g/mol. The van der Waals surface area contributed by atoms with Crippen LogP contribution in [0.2, 0.25) is 0 Å². The van der Waals surface area contributed by atoms with Crippen LogP contribution in [0.1, 0.15) is 25.8 Å². The summed E-state index contributed by atoms with van der Waals surface area (Å²) in [6.45, 7) is 3.53. The lowest BCUT2D eigenvalue weighted by Gasteiger charge is -2.24. The van der Waals surface area contributed by atoms with Gasteiger partial charge < -0.3 is 9.47 Å². The maximum atomic E-state index is 12.1. The lowest BCUT2D eigenvalue weighted by atomic mass is 9.92. The lowest BCUT2D eigenvalue weighted by Crippen LogP contribution is -2.37. The highest BCUT2D eigenvalue weighted by Crippen LogP contribution is 2.24. The Bertz CT molecular complexity index is 448. The van der Waals surface area contributed by atoms with Gasteiger partial charge in [0.15, 0.2) is 5.78 Å². The van der Waals surface area contributed by atoms with Crippen LogP contribution in [0, 0.1) is 0 Å². The summed E-state index contributed by atoms with van der Waals surface area (Å²) >= 11 is 0. The minimum atomic E-state index is -4.71. The van der Waals surface area contributed by atoms with Crippen molar-refractivity contribution in [3.8, 4) is 5.75 Å². The predicted molar refractivity (Wildman–Crippen MR) is 67.5 cm³/mol. The van der Waals surface area contributed by atoms with Crippen LogP contribution in [0.3, 0.4) is 0 Å². The molecule has 0 amide bonds. The third-order valence-corrected chi connectivity index (χ3v) is 3.24. The number of methoxy groups -OCH3 is 1. The van der Waals surface area contributed by atoms with Gasteiger partial charge in [-0.1, -0.05) is 19.1 Å². The van der Waals surface area contributed by atoms with Crippen molar-refractivity contribution in [3.05, 3.63) is 29.8 Å². The van der Waals surface area contributed by atoms with Crippen LogP contribution in [0.4, 0.5) is 13.2 Å². The van der Waals surface area contributed by atoms with Gasteiger partial charge in [0.1, 0.15) is 11.4 Å². The minimum Gasteiger partial charge on any atom is -0.406 e. The molecule has 0 aliphatic heterocycles. The van der Waals surface area contributed by atoms with Gasteiger partial charge in [0.05, 0.1) is 0 Å². The van der Waals surface area contributed by atoms with Crippen molar-refractivity contribution in [2.24, 2.45) is 0 Å². The highest BCUT2D eigenvalue weighted by Gasteiger charge is 2.32. The number of carbonyl (C=O) groups is 1. The number of carbonyl (C=O) groups excluding carboxylic acids is 1. The Kier molecular flexibility index (Phi) is 5.16. The summed E-state index contributed by atoms with van der Waals surface area (Å²) in [5, 5.41) is 0. The summed E-state index contributed by atoms with van der Waals surface area (Å²) in [4.78, 5) is 12.1. The summed E-state index contributed by atoms with van der Waals surface area (Å²) in [6.07, 6.45) is -4.09. The molecule has 1 rings (SSSR count). The zero-order chi connectivity index (χ0) is 15.4. The quantitative estimate of drug-likeness (QED) is 0.804. The summed E-state index contributed by atoms with van der Waals surface area (Å²) in [6, 6.07) is 5.24. The number of alkyl halides is 3. The lowest BCUT2D eigenvalue weighted by molar-refractivity contribution is -0.274. The molecule has 0 saturated carbocycles. The molecule has 1 unspecified atom stereocenters. The second-order valence-electron chi connectivity index (χ2n) is 4.58. The Balaban J connectivity index is 2.73. The van der Waals surface area contributed by atoms with Crippen molar-refractivity contribution in [2.45, 2.75) is 38.7 Å². The van der Waals surface area contributed by atoms with E-state index in [1.165, 1.54) is 31.4 Å². The van der Waals surface area contributed by atoms with E-state index >= 15 is 0 Å². The molecule has 0 spiro atoms. The van der Waals surface area contributed by atoms with Gasteiger partial charge in [0, 0.05) is 13.5 Å². The van der Waals surface area contributed by atoms with Crippen molar-refractivity contribution in [1.29, 1.82) is 0 Å². The van der Waals surface area contributed by atoms with E-state index in [-0.39, 0.29) is 18.0 Å². The number of benzene rings is 1. The van der Waals surface area contributed by atoms with Crippen LogP contribution in [0.15, 0.2) is 24.3 Å². The maximum Gasteiger partial charge on any atom is 0.573 e. The molecule has 1 aromatic rings. The molecule has 0 fully saturated rings. The summed E-state index contributed by atoms with van der Waals surface area (Å²) in [7, 11) is 1.46. The van der Waals surface area contributed by atoms with Gasteiger partial charge in [-0.25, -0.2) is 0 Å². The molecule has 0 heterocycles. The van der Waals surface area contributed by atoms with Crippen molar-refractivity contribution >= 4 is 5.78 Å². The van der Waals surface area contributed by atoms with Gasteiger partial charge >= 0.3 is 6.36 Å². The molecule has 1 atom stereocenters. The van der Waals surface area contributed by atoms with Crippen LogP contribution in [-0.2, 0) is 16.0 Å². The van der Waals surface area contributed by atoms with Gasteiger partial charge in [0.25, 0.3) is 0 Å². The van der Waals surface area contributed by atoms with E-state index in [2.05, 4.69) is 4.74 Å². The fourth-order valence-electron chi connectivity index (χ4n) is 1.64. The van der Waals surface area contributed by atoms with Crippen LogP contribution in [0.5, 0.6) is 5.75 Å². The normalized spacial score (nSPS) is 14.7. The topological polar surface area (TPSA) is 35.5 Å². The third-order valence-electron chi connectivity index (χ3n) is 3.24. The zero-order valence-corrected chi connectivity index (χ0v) is 11.6. The average molecular weight is 290 g/mol. The van der Waals surface area contributed by atoms with Gasteiger partial charge in [-0.2, -0.15) is 0 Å². The number of rotatable bonds is 6. The standard InChI is InChI=1S/C14H17F3O3/c1-4-13(2,19-3)12(18)9-10-5-7-11(8-6-10)20-14(15,16)17/h5-8H,4,9H2,1-3H3. The molecule has 0 aliphatic rings. The van der Waals surface area contributed by atoms with E-state index in [1.807, 2.05) is 6.92 Å². The van der Waals surface area contributed by atoms with E-state index in [9.17, 15) is 18.0 Å². The first-order chi connectivity index (χ1) is 9.20. The smallest absolute Gasteiger partial charge is 0.406 e. The molecular weight excluding hydrogens is 273 g/mol. The first-order valence-electron chi connectivity index (χ1n) is 6.13. The Morgan fingerprint density at radius 3 is 2.15 bits per heavy atom. The van der Waals surface area contributed by atoms with Gasteiger partial charge in [0.2, 0.25) is 0 Å². The molecule has 0 saturated heterocycles. The Morgan fingerprint density at radius 2 is 1.75 bits per heavy atom. The molecule has 3 nitrogen and oxygen atoms in total. The SMILES string of the molecule is CCC(C)(OC)C(=O)Cc1ccc(OC(F)(F)F)cc1. The third kappa shape index (κ3) is 4.52. The van der Waals surface area contributed by atoms with E-state index in [0.29, 0.717) is 12.0 Å². The van der Waals surface area contributed by atoms with Crippen molar-refractivity contribution in [2.75, 3.05) is 7.11 Å². The second-order valence-corrected chi connectivity index (χ2v) is 4.58. The van der Waals surface area contributed by atoms with Gasteiger partial charge in [-0.05, 0) is 31.0 Å². The largest absolute Gasteiger partial charge is 0.573 e. The molecule has 0 aromatic heterocycles. The fourth-order valence-corrected chi connectivity index (χ4v) is 1.64. The molecule has 20 heavy (non-hydrogen) atoms. The second kappa shape index (κ2) is 6.26. The molecule has 0 radical (unpaired) electrons. The molecule has 0 bridgehead atoms. The van der Waals surface area contributed by atoms with Crippen molar-refractivity contribution in [1.82, 2.24) is 0 Å². The molecule has 112 valence electrons. The number of ketones is 1. The van der Waals surface area contributed by atoms with E-state index < -0.39 is 12.0 Å². The number of halogens is 3. The number of hydrogen-bond acceptors (Lipinski definition) is 3. The fraction of sp³-hybridized carbons (Fsp3) is 0.500. The molecule has 0 aliphatic carbocycles. The number of hydrogen-bond donors (Lipinski definition) is 0. The number of ether oxygens (including phenoxy) is 2. The summed E-state index contributed by atoms with van der Waals surface area (Å²) in [5.41, 5.74) is -0.262. The highest BCUT2D eigenvalue weighted by atomic mass is 19.4. The van der Waals surface area contributed by atoms with Crippen LogP contribution in [0.25, 0.3) is 0 Å². The van der Waals surface area contributed by atoms with Crippen molar-refractivity contribution in [3.63, 3.8) is 0 Å². The van der Waals surface area contributed by atoms with Crippen LogP contribution in [-0.4, -0.2) is 24.9 Å². The Labute approximate surface area is 115 Å². The van der Waals surface area contributed by atoms with Gasteiger partial charge in [-0.3, -0.25) is 4.79 Å². The zero-order valence-electron chi connectivity index (χ0n) is 11.6. The molecule has 0 N–H and O–H groups in total. The van der Waals surface area contributed by atoms with E-state index in [4.69, 9.17) is 4.74 Å². The first-order valence-corrected chi connectivity index (χ1v) is 6.13. The highest BCUT2D eigenvalue weighted by molar-refractivity contribution is 5.88. The van der Waals surface area contributed by atoms with E-state index in [1.54, 1.807) is 6.92 Å². The molecular formula is C14H17F3O3. The van der Waals surface area contributed by atoms with Crippen LogP contribution >= 0.6 is 0 Å². The van der Waals surface area contributed by atoms with Gasteiger partial charge in [-0.15, -0.1) is 13.2 Å². The van der Waals surface area contributed by atoms with Crippen LogP contribution < -0.4 is 4.74 Å². The first kappa shape index (κ1) is 16.5. The predicted octanol–water partition coefficient (Wildman–Crippen LogP) is 3.51. The summed E-state index contributed by atoms with van der Waals surface area (Å²) < 4.78 is 45.0. The van der Waals surface area contributed by atoms with E-state index in [0.717, 1.165) is 0 Å². The molecule has 6 heteroatoms. The maximum absolute atomic E-state index is 12.1. The number of Topliss-reactive ketones (excluding diaryl/α,β-unsaturated/α-hetero) is 1. The molecule has 1 aromatic carbocycles. The minimum absolute atomic E-state index is 0.102. The Hall–Kier alpha value is -1.56. The Morgan fingerprint density at radius 1 is 1.20 bits per heavy atom.